The molecule has 26 heavy (non-hydrogen) atoms. The second-order valence-electron chi connectivity index (χ2n) is 6.07. The van der Waals surface area contributed by atoms with Gasteiger partial charge < -0.3 is 15.7 Å². The summed E-state index contributed by atoms with van der Waals surface area (Å²) in [6.07, 6.45) is 2.91. The Morgan fingerprint density at radius 3 is 2.46 bits per heavy atom. The van der Waals surface area contributed by atoms with Gasteiger partial charge in [0.2, 0.25) is 5.91 Å². The maximum Gasteiger partial charge on any atom is 0.329 e. The number of carbonyl (C=O) groups is 3. The van der Waals surface area contributed by atoms with Crippen molar-refractivity contribution in [2.24, 2.45) is 0 Å². The lowest BCUT2D eigenvalue weighted by Gasteiger charge is -2.33. The van der Waals surface area contributed by atoms with Gasteiger partial charge in [0, 0.05) is 6.07 Å². The molecule has 140 valence electrons. The van der Waals surface area contributed by atoms with Crippen LogP contribution in [-0.4, -0.2) is 39.9 Å². The molecule has 1 aromatic carbocycles. The van der Waals surface area contributed by atoms with Crippen LogP contribution in [-0.2, 0) is 9.59 Å². The van der Waals surface area contributed by atoms with Gasteiger partial charge in [0.1, 0.15) is 11.1 Å². The molecule has 1 aliphatic carbocycles. The largest absolute Gasteiger partial charge is 0.480 e. The van der Waals surface area contributed by atoms with E-state index in [1.165, 1.54) is 12.1 Å². The van der Waals surface area contributed by atoms with Gasteiger partial charge in [-0.3, -0.25) is 19.7 Å². The Bertz CT molecular complexity index is 746. The number of nitro groups is 1. The first-order valence-electron chi connectivity index (χ1n) is 8.02. The summed E-state index contributed by atoms with van der Waals surface area (Å²) in [5, 5.41) is 25.1. The fourth-order valence-corrected chi connectivity index (χ4v) is 3.25. The third-order valence-electron chi connectivity index (χ3n) is 4.32. The van der Waals surface area contributed by atoms with Crippen molar-refractivity contribution >= 4 is 35.1 Å². The van der Waals surface area contributed by atoms with Crippen molar-refractivity contribution < 1.29 is 24.4 Å². The van der Waals surface area contributed by atoms with Crippen molar-refractivity contribution in [3.8, 4) is 0 Å². The SMILES string of the molecule is O=C(CNC(=O)c1c(Cl)cccc1[N+](=O)[O-])NC1(C(=O)O)CCCCC1. The Hall–Kier alpha value is -2.68. The quantitative estimate of drug-likeness (QED) is 0.506. The second kappa shape index (κ2) is 8.13. The molecule has 0 saturated heterocycles. The highest BCUT2D eigenvalue weighted by atomic mass is 35.5. The number of amides is 2. The van der Waals surface area contributed by atoms with Crippen LogP contribution in [0.1, 0.15) is 42.5 Å². The Balaban J connectivity index is 2.05. The van der Waals surface area contributed by atoms with E-state index in [2.05, 4.69) is 10.6 Å². The number of aliphatic carboxylic acids is 1. The zero-order valence-corrected chi connectivity index (χ0v) is 14.5. The second-order valence-corrected chi connectivity index (χ2v) is 6.48. The summed E-state index contributed by atoms with van der Waals surface area (Å²) in [4.78, 5) is 46.1. The van der Waals surface area contributed by atoms with E-state index in [0.717, 1.165) is 12.5 Å². The van der Waals surface area contributed by atoms with E-state index in [0.29, 0.717) is 25.7 Å². The monoisotopic (exact) mass is 383 g/mol. The van der Waals surface area contributed by atoms with Gasteiger partial charge in [-0.1, -0.05) is 36.9 Å². The topological polar surface area (TPSA) is 139 Å². The van der Waals surface area contributed by atoms with Crippen LogP contribution in [0.5, 0.6) is 0 Å². The number of carbonyl (C=O) groups excluding carboxylic acids is 2. The highest BCUT2D eigenvalue weighted by molar-refractivity contribution is 6.34. The molecule has 1 fully saturated rings. The van der Waals surface area contributed by atoms with Crippen LogP contribution in [0.15, 0.2) is 18.2 Å². The summed E-state index contributed by atoms with van der Waals surface area (Å²) < 4.78 is 0. The molecule has 0 spiro atoms. The highest BCUT2D eigenvalue weighted by Crippen LogP contribution is 2.28. The average molecular weight is 384 g/mol. The summed E-state index contributed by atoms with van der Waals surface area (Å²) in [6, 6.07) is 3.79. The first-order valence-corrected chi connectivity index (χ1v) is 8.40. The van der Waals surface area contributed by atoms with E-state index in [1.807, 2.05) is 0 Å². The van der Waals surface area contributed by atoms with Crippen LogP contribution in [0.4, 0.5) is 5.69 Å². The number of carboxylic acids is 1. The lowest BCUT2D eigenvalue weighted by atomic mass is 9.81. The first-order chi connectivity index (χ1) is 12.3. The van der Waals surface area contributed by atoms with E-state index in [1.54, 1.807) is 0 Å². The number of carboxylic acid groups (broad SMARTS) is 1. The van der Waals surface area contributed by atoms with Crippen LogP contribution in [0.3, 0.4) is 0 Å². The standard InChI is InChI=1S/C16H18ClN3O6/c17-10-5-4-6-11(20(25)26)13(10)14(22)18-9-12(21)19-16(15(23)24)7-2-1-3-8-16/h4-6H,1-3,7-9H2,(H,18,22)(H,19,21)(H,23,24). The smallest absolute Gasteiger partial charge is 0.329 e. The molecular formula is C16H18ClN3O6. The summed E-state index contributed by atoms with van der Waals surface area (Å²) in [7, 11) is 0. The number of nitrogens with one attached hydrogen (secondary N) is 2. The summed E-state index contributed by atoms with van der Waals surface area (Å²) in [5.41, 5.74) is -2.17. The predicted octanol–water partition coefficient (Wildman–Crippen LogP) is 1.88. The minimum atomic E-state index is -1.34. The van der Waals surface area contributed by atoms with Gasteiger partial charge in [0.15, 0.2) is 0 Å². The molecule has 2 rings (SSSR count). The molecule has 0 atom stereocenters. The van der Waals surface area contributed by atoms with Crippen LogP contribution in [0, 0.1) is 10.1 Å². The first kappa shape index (κ1) is 19.6. The van der Waals surface area contributed by atoms with Gasteiger partial charge in [-0.15, -0.1) is 0 Å². The predicted molar refractivity (Wildman–Crippen MR) is 92.0 cm³/mol. The molecule has 2 amide bonds. The fourth-order valence-electron chi connectivity index (χ4n) is 3.00. The van der Waals surface area contributed by atoms with E-state index >= 15 is 0 Å². The molecule has 0 aromatic heterocycles. The maximum absolute atomic E-state index is 12.2. The molecule has 0 unspecified atom stereocenters. The van der Waals surface area contributed by atoms with Crippen LogP contribution in [0.2, 0.25) is 5.02 Å². The number of rotatable bonds is 6. The molecule has 1 aromatic rings. The number of hydrogen-bond donors (Lipinski definition) is 3. The van der Waals surface area contributed by atoms with Gasteiger partial charge in [0.25, 0.3) is 11.6 Å². The van der Waals surface area contributed by atoms with E-state index < -0.39 is 40.5 Å². The third kappa shape index (κ3) is 4.29. The number of nitrogens with zero attached hydrogens (tertiary/aromatic N) is 1. The van der Waals surface area contributed by atoms with Crippen molar-refractivity contribution in [3.63, 3.8) is 0 Å². The Kier molecular flexibility index (Phi) is 6.14. The molecule has 3 N–H and O–H groups in total. The maximum atomic E-state index is 12.2. The molecule has 1 saturated carbocycles. The third-order valence-corrected chi connectivity index (χ3v) is 4.64. The normalized spacial score (nSPS) is 15.7. The van der Waals surface area contributed by atoms with Gasteiger partial charge in [0.05, 0.1) is 16.5 Å². The Morgan fingerprint density at radius 1 is 1.23 bits per heavy atom. The summed E-state index contributed by atoms with van der Waals surface area (Å²) in [6.45, 7) is -0.518. The highest BCUT2D eigenvalue weighted by Gasteiger charge is 2.40. The zero-order chi connectivity index (χ0) is 19.3. The van der Waals surface area contributed by atoms with Crippen molar-refractivity contribution in [3.05, 3.63) is 38.9 Å². The van der Waals surface area contributed by atoms with Gasteiger partial charge in [-0.2, -0.15) is 0 Å². The molecule has 0 aliphatic heterocycles. The number of hydrogen-bond acceptors (Lipinski definition) is 5. The molecule has 1 aliphatic rings. The van der Waals surface area contributed by atoms with E-state index in [4.69, 9.17) is 11.6 Å². The van der Waals surface area contributed by atoms with Crippen LogP contribution < -0.4 is 10.6 Å². The summed E-state index contributed by atoms with van der Waals surface area (Å²) >= 11 is 5.86. The molecule has 9 nitrogen and oxygen atoms in total. The van der Waals surface area contributed by atoms with Gasteiger partial charge in [-0.25, -0.2) is 4.79 Å². The molecule has 10 heteroatoms. The van der Waals surface area contributed by atoms with Crippen LogP contribution in [0.25, 0.3) is 0 Å². The zero-order valence-electron chi connectivity index (χ0n) is 13.8. The number of benzene rings is 1. The lowest BCUT2D eigenvalue weighted by Crippen LogP contribution is -2.57. The number of halogens is 1. The van der Waals surface area contributed by atoms with E-state index in [-0.39, 0.29) is 10.6 Å². The van der Waals surface area contributed by atoms with Gasteiger partial charge in [-0.05, 0) is 18.9 Å². The van der Waals surface area contributed by atoms with Crippen molar-refractivity contribution in [2.75, 3.05) is 6.54 Å². The van der Waals surface area contributed by atoms with Crippen molar-refractivity contribution in [1.82, 2.24) is 10.6 Å². The average Bonchev–Trinajstić information content (AvgIpc) is 2.60. The Morgan fingerprint density at radius 2 is 1.88 bits per heavy atom. The number of nitro benzene ring substituents is 1. The Labute approximate surface area is 153 Å². The van der Waals surface area contributed by atoms with E-state index in [9.17, 15) is 29.6 Å². The molecule has 0 heterocycles. The molecular weight excluding hydrogens is 366 g/mol. The van der Waals surface area contributed by atoms with Crippen molar-refractivity contribution in [1.29, 1.82) is 0 Å². The molecule has 0 bridgehead atoms. The van der Waals surface area contributed by atoms with Crippen molar-refractivity contribution in [2.45, 2.75) is 37.6 Å². The minimum Gasteiger partial charge on any atom is -0.480 e. The minimum absolute atomic E-state index is 0.119. The lowest BCUT2D eigenvalue weighted by molar-refractivity contribution is -0.385. The summed E-state index contributed by atoms with van der Waals surface area (Å²) in [5.74, 6) is -2.68. The molecule has 0 radical (unpaired) electrons. The fraction of sp³-hybridized carbons (Fsp3) is 0.438. The van der Waals surface area contributed by atoms with Crippen LogP contribution >= 0.6 is 11.6 Å². The van der Waals surface area contributed by atoms with Gasteiger partial charge >= 0.3 is 5.97 Å².